The number of aliphatic carboxylic acids is 1. The molecule has 2 rings (SSSR count). The average Bonchev–Trinajstić information content (AvgIpc) is 2.86. The number of carbonyl (C=O) groups is 2. The smallest absolute Gasteiger partial charge is 0.308 e. The highest BCUT2D eigenvalue weighted by Gasteiger charge is 2.28. The Morgan fingerprint density at radius 3 is 2.95 bits per heavy atom. The lowest BCUT2D eigenvalue weighted by molar-refractivity contribution is -0.145. The molecule has 3 N–H and O–H groups in total. The number of piperidine rings is 1. The number of likely N-dealkylation sites (tertiary alicyclic amines) is 1. The Balaban J connectivity index is 1.93. The van der Waals surface area contributed by atoms with Crippen LogP contribution in [0.15, 0.2) is 6.20 Å². The first-order valence-electron chi connectivity index (χ1n) is 6.20. The number of nitrogens with two attached hydrogens (primary N) is 1. The van der Waals surface area contributed by atoms with Crippen LogP contribution in [0.5, 0.6) is 0 Å². The van der Waals surface area contributed by atoms with Crippen molar-refractivity contribution in [1.29, 1.82) is 0 Å². The van der Waals surface area contributed by atoms with Crippen LogP contribution in [0.2, 0.25) is 0 Å². The number of aromatic nitrogens is 3. The highest BCUT2D eigenvalue weighted by atomic mass is 16.4. The van der Waals surface area contributed by atoms with Crippen molar-refractivity contribution in [2.75, 3.05) is 13.1 Å². The normalized spacial score (nSPS) is 19.4. The molecule has 0 saturated carbocycles. The van der Waals surface area contributed by atoms with E-state index in [1.807, 2.05) is 0 Å². The summed E-state index contributed by atoms with van der Waals surface area (Å²) in [5.41, 5.74) is 6.03. The molecule has 0 aromatic carbocycles. The second-order valence-electron chi connectivity index (χ2n) is 4.63. The third kappa shape index (κ3) is 3.28. The van der Waals surface area contributed by atoms with E-state index in [-0.39, 0.29) is 25.5 Å². The molecule has 8 nitrogen and oxygen atoms in total. The SMILES string of the molecule is NCc1cn(CC(=O)N2CCCC(C(=O)O)C2)nn1. The fraction of sp³-hybridized carbons (Fsp3) is 0.636. The largest absolute Gasteiger partial charge is 0.481 e. The molecular formula is C11H17N5O3. The molecule has 1 unspecified atom stereocenters. The molecule has 1 atom stereocenters. The van der Waals surface area contributed by atoms with Crippen molar-refractivity contribution in [1.82, 2.24) is 19.9 Å². The molecule has 8 heteroatoms. The van der Waals surface area contributed by atoms with Crippen LogP contribution in [-0.2, 0) is 22.7 Å². The first-order valence-corrected chi connectivity index (χ1v) is 6.20. The molecule has 1 amide bonds. The highest BCUT2D eigenvalue weighted by Crippen LogP contribution is 2.16. The monoisotopic (exact) mass is 267 g/mol. The zero-order valence-electron chi connectivity index (χ0n) is 10.5. The predicted molar refractivity (Wildman–Crippen MR) is 64.9 cm³/mol. The number of nitrogens with zero attached hydrogens (tertiary/aromatic N) is 4. The fourth-order valence-electron chi connectivity index (χ4n) is 2.15. The Kier molecular flexibility index (Phi) is 4.10. The number of carboxylic acids is 1. The first kappa shape index (κ1) is 13.5. The molecule has 0 spiro atoms. The second-order valence-corrected chi connectivity index (χ2v) is 4.63. The summed E-state index contributed by atoms with van der Waals surface area (Å²) in [5.74, 6) is -1.45. The maximum Gasteiger partial charge on any atom is 0.308 e. The van der Waals surface area contributed by atoms with E-state index in [1.54, 1.807) is 11.1 Å². The van der Waals surface area contributed by atoms with E-state index in [4.69, 9.17) is 10.8 Å². The number of carboxylic acid groups (broad SMARTS) is 1. The van der Waals surface area contributed by atoms with Gasteiger partial charge in [-0.2, -0.15) is 0 Å². The van der Waals surface area contributed by atoms with Crippen LogP contribution < -0.4 is 5.73 Å². The molecule has 0 radical (unpaired) electrons. The van der Waals surface area contributed by atoms with Crippen LogP contribution in [0.4, 0.5) is 0 Å². The summed E-state index contributed by atoms with van der Waals surface area (Å²) in [5, 5.41) is 16.6. The van der Waals surface area contributed by atoms with E-state index >= 15 is 0 Å². The molecule has 1 fully saturated rings. The van der Waals surface area contributed by atoms with Crippen molar-refractivity contribution < 1.29 is 14.7 Å². The molecule has 1 aliphatic heterocycles. The van der Waals surface area contributed by atoms with Crippen LogP contribution in [0, 0.1) is 5.92 Å². The quantitative estimate of drug-likeness (QED) is 0.727. The minimum Gasteiger partial charge on any atom is -0.481 e. The molecule has 0 aliphatic carbocycles. The first-order chi connectivity index (χ1) is 9.10. The molecule has 1 aromatic heterocycles. The van der Waals surface area contributed by atoms with Gasteiger partial charge in [-0.1, -0.05) is 5.21 Å². The Labute approximate surface area is 110 Å². The van der Waals surface area contributed by atoms with E-state index in [9.17, 15) is 9.59 Å². The maximum absolute atomic E-state index is 12.0. The summed E-state index contributed by atoms with van der Waals surface area (Å²) in [6, 6.07) is 0. The molecule has 0 bridgehead atoms. The Morgan fingerprint density at radius 1 is 1.53 bits per heavy atom. The lowest BCUT2D eigenvalue weighted by Gasteiger charge is -2.30. The summed E-state index contributed by atoms with van der Waals surface area (Å²) < 4.78 is 1.43. The second kappa shape index (κ2) is 5.79. The number of rotatable bonds is 4. The number of amides is 1. The summed E-state index contributed by atoms with van der Waals surface area (Å²) in [6.45, 7) is 1.21. The van der Waals surface area contributed by atoms with Gasteiger partial charge in [-0.05, 0) is 12.8 Å². The van der Waals surface area contributed by atoms with Crippen molar-refractivity contribution in [2.45, 2.75) is 25.9 Å². The number of carbonyl (C=O) groups excluding carboxylic acids is 1. The van der Waals surface area contributed by atoms with Crippen molar-refractivity contribution >= 4 is 11.9 Å². The molecule has 1 aromatic rings. The van der Waals surface area contributed by atoms with Gasteiger partial charge in [0.2, 0.25) is 5.91 Å². The van der Waals surface area contributed by atoms with Crippen molar-refractivity contribution in [3.05, 3.63) is 11.9 Å². The Bertz CT molecular complexity index is 473. The minimum atomic E-state index is -0.844. The van der Waals surface area contributed by atoms with E-state index in [0.717, 1.165) is 0 Å². The van der Waals surface area contributed by atoms with E-state index < -0.39 is 11.9 Å². The van der Waals surface area contributed by atoms with Crippen LogP contribution in [0.1, 0.15) is 18.5 Å². The van der Waals surface area contributed by atoms with Crippen molar-refractivity contribution in [2.24, 2.45) is 11.7 Å². The highest BCUT2D eigenvalue weighted by molar-refractivity contribution is 5.77. The van der Waals surface area contributed by atoms with E-state index in [1.165, 1.54) is 4.68 Å². The third-order valence-electron chi connectivity index (χ3n) is 3.22. The number of hydrogen-bond acceptors (Lipinski definition) is 5. The minimum absolute atomic E-state index is 0.0688. The fourth-order valence-corrected chi connectivity index (χ4v) is 2.15. The van der Waals surface area contributed by atoms with Crippen LogP contribution in [0.3, 0.4) is 0 Å². The van der Waals surface area contributed by atoms with Crippen LogP contribution in [0.25, 0.3) is 0 Å². The van der Waals surface area contributed by atoms with Gasteiger partial charge in [0, 0.05) is 19.6 Å². The Hall–Kier alpha value is -1.96. The molecule has 1 saturated heterocycles. The lowest BCUT2D eigenvalue weighted by atomic mass is 9.98. The van der Waals surface area contributed by atoms with Gasteiger partial charge < -0.3 is 15.7 Å². The van der Waals surface area contributed by atoms with E-state index in [0.29, 0.717) is 25.1 Å². The molecule has 104 valence electrons. The maximum atomic E-state index is 12.0. The summed E-state index contributed by atoms with van der Waals surface area (Å²) in [7, 11) is 0. The van der Waals surface area contributed by atoms with Gasteiger partial charge in [-0.25, -0.2) is 4.68 Å². The zero-order chi connectivity index (χ0) is 13.8. The Morgan fingerprint density at radius 2 is 2.32 bits per heavy atom. The van der Waals surface area contributed by atoms with Gasteiger partial charge >= 0.3 is 5.97 Å². The van der Waals surface area contributed by atoms with Gasteiger partial charge in [0.25, 0.3) is 0 Å². The molecule has 1 aliphatic rings. The van der Waals surface area contributed by atoms with Gasteiger partial charge in [-0.3, -0.25) is 9.59 Å². The van der Waals surface area contributed by atoms with Crippen LogP contribution in [-0.4, -0.2) is 50.0 Å². The van der Waals surface area contributed by atoms with Gasteiger partial charge in [0.1, 0.15) is 6.54 Å². The summed E-state index contributed by atoms with van der Waals surface area (Å²) >= 11 is 0. The van der Waals surface area contributed by atoms with Crippen molar-refractivity contribution in [3.8, 4) is 0 Å². The van der Waals surface area contributed by atoms with Crippen LogP contribution >= 0.6 is 0 Å². The summed E-state index contributed by atoms with van der Waals surface area (Å²) in [4.78, 5) is 24.6. The summed E-state index contributed by atoms with van der Waals surface area (Å²) in [6.07, 6.45) is 2.96. The molecule has 2 heterocycles. The predicted octanol–water partition coefficient (Wildman–Crippen LogP) is -0.940. The topological polar surface area (TPSA) is 114 Å². The van der Waals surface area contributed by atoms with Gasteiger partial charge in [-0.15, -0.1) is 5.10 Å². The lowest BCUT2D eigenvalue weighted by Crippen LogP contribution is -2.43. The third-order valence-corrected chi connectivity index (χ3v) is 3.22. The molecule has 19 heavy (non-hydrogen) atoms. The van der Waals surface area contributed by atoms with Gasteiger partial charge in [0.05, 0.1) is 17.8 Å². The van der Waals surface area contributed by atoms with Gasteiger partial charge in [0.15, 0.2) is 0 Å². The number of hydrogen-bond donors (Lipinski definition) is 2. The van der Waals surface area contributed by atoms with Crippen molar-refractivity contribution in [3.63, 3.8) is 0 Å². The van der Waals surface area contributed by atoms with E-state index in [2.05, 4.69) is 10.3 Å². The standard InChI is InChI=1S/C11H17N5O3/c12-4-9-6-16(14-13-9)7-10(17)15-3-1-2-8(5-15)11(18)19/h6,8H,1-5,7,12H2,(H,18,19). The average molecular weight is 267 g/mol. The zero-order valence-corrected chi connectivity index (χ0v) is 10.5. The molecular weight excluding hydrogens is 250 g/mol.